The Morgan fingerprint density at radius 3 is 2.49 bits per heavy atom. The number of hydrogen-bond donors (Lipinski definition) is 1. The number of anilines is 2. The lowest BCUT2D eigenvalue weighted by Gasteiger charge is -2.12. The zero-order valence-corrected chi connectivity index (χ0v) is 22.7. The van der Waals surface area contributed by atoms with Crippen LogP contribution < -0.4 is 10.9 Å². The van der Waals surface area contributed by atoms with Crippen molar-refractivity contribution < 1.29 is 0 Å². The predicted molar refractivity (Wildman–Crippen MR) is 153 cm³/mol. The number of nitrogens with one attached hydrogen (secondary N) is 1. The van der Waals surface area contributed by atoms with Crippen LogP contribution in [0.1, 0.15) is 10.6 Å². The Hall–Kier alpha value is -3.59. The summed E-state index contributed by atoms with van der Waals surface area (Å²) in [7, 11) is 5.85. The van der Waals surface area contributed by atoms with Crippen LogP contribution in [0.25, 0.3) is 32.6 Å². The Morgan fingerprint density at radius 2 is 1.81 bits per heavy atom. The molecule has 0 aliphatic heterocycles. The lowest BCUT2D eigenvalue weighted by molar-refractivity contribution is 0.413. The number of benzene rings is 2. The number of pyridine rings is 1. The number of halogens is 1. The first-order valence-corrected chi connectivity index (χ1v) is 13.1. The van der Waals surface area contributed by atoms with Gasteiger partial charge in [0.25, 0.3) is 5.56 Å². The molecule has 188 valence electrons. The Bertz CT molecular complexity index is 1640. The third-order valence-electron chi connectivity index (χ3n) is 6.17. The third kappa shape index (κ3) is 5.41. The molecule has 3 heterocycles. The zero-order chi connectivity index (χ0) is 26.1. The van der Waals surface area contributed by atoms with E-state index in [9.17, 15) is 4.79 Å². The second-order valence-corrected chi connectivity index (χ2v) is 10.9. The molecule has 3 aromatic heterocycles. The number of rotatable bonds is 7. The van der Waals surface area contributed by atoms with E-state index in [4.69, 9.17) is 11.6 Å². The van der Waals surface area contributed by atoms with Crippen molar-refractivity contribution in [2.75, 3.05) is 26.0 Å². The first-order valence-electron chi connectivity index (χ1n) is 11.9. The van der Waals surface area contributed by atoms with E-state index in [0.717, 1.165) is 39.5 Å². The SMILES string of the molecule is Cc1ncc(-c2ccc(-c3cc4cnc(Nc5ccc(CCN(C)C)cc5)nc4n(C)c3=O)c(Cl)c2)s1. The topological polar surface area (TPSA) is 75.9 Å². The van der Waals surface area contributed by atoms with Gasteiger partial charge >= 0.3 is 0 Å². The second-order valence-electron chi connectivity index (χ2n) is 9.21. The molecule has 0 aliphatic carbocycles. The molecule has 0 aliphatic rings. The van der Waals surface area contributed by atoms with Gasteiger partial charge in [-0.3, -0.25) is 9.36 Å². The van der Waals surface area contributed by atoms with Gasteiger partial charge in [-0.25, -0.2) is 9.97 Å². The molecule has 2 aromatic carbocycles. The van der Waals surface area contributed by atoms with Crippen LogP contribution in [0.4, 0.5) is 11.6 Å². The van der Waals surface area contributed by atoms with Crippen LogP contribution in [0.2, 0.25) is 5.02 Å². The quantitative estimate of drug-likeness (QED) is 0.281. The molecule has 0 atom stereocenters. The third-order valence-corrected chi connectivity index (χ3v) is 7.45. The molecule has 37 heavy (non-hydrogen) atoms. The van der Waals surface area contributed by atoms with E-state index < -0.39 is 0 Å². The van der Waals surface area contributed by atoms with Crippen molar-refractivity contribution in [3.05, 3.63) is 86.9 Å². The van der Waals surface area contributed by atoms with Gasteiger partial charge in [-0.2, -0.15) is 4.98 Å². The standard InChI is InChI=1S/C28H27ClN6OS/c1-17-30-16-25(37-17)19-7-10-22(24(29)14-19)23-13-20-15-31-28(33-26(20)35(4)27(23)36)32-21-8-5-18(6-9-21)11-12-34(2)3/h5-10,13-16H,11-12H2,1-4H3,(H,31,32,33). The van der Waals surface area contributed by atoms with Crippen LogP contribution in [-0.4, -0.2) is 45.1 Å². The minimum absolute atomic E-state index is 0.175. The molecule has 0 saturated heterocycles. The van der Waals surface area contributed by atoms with E-state index in [-0.39, 0.29) is 5.56 Å². The molecule has 0 unspecified atom stereocenters. The summed E-state index contributed by atoms with van der Waals surface area (Å²) in [6.45, 7) is 2.97. The fourth-order valence-corrected chi connectivity index (χ4v) is 5.17. The van der Waals surface area contributed by atoms with Crippen LogP contribution >= 0.6 is 22.9 Å². The molecule has 5 aromatic rings. The Labute approximate surface area is 224 Å². The molecular formula is C28H27ClN6OS. The van der Waals surface area contributed by atoms with E-state index >= 15 is 0 Å². The minimum atomic E-state index is -0.175. The summed E-state index contributed by atoms with van der Waals surface area (Å²) in [5.74, 6) is 0.429. The molecule has 0 radical (unpaired) electrons. The van der Waals surface area contributed by atoms with Crippen molar-refractivity contribution in [1.29, 1.82) is 0 Å². The highest BCUT2D eigenvalue weighted by Gasteiger charge is 2.15. The molecule has 0 saturated carbocycles. The average Bonchev–Trinajstić information content (AvgIpc) is 3.32. The number of hydrogen-bond acceptors (Lipinski definition) is 7. The van der Waals surface area contributed by atoms with Crippen molar-refractivity contribution in [3.8, 4) is 21.6 Å². The number of thiazole rings is 1. The van der Waals surface area contributed by atoms with Gasteiger partial charge in [0.2, 0.25) is 5.95 Å². The van der Waals surface area contributed by atoms with Crippen LogP contribution in [0, 0.1) is 6.92 Å². The number of nitrogens with zero attached hydrogens (tertiary/aromatic N) is 5. The van der Waals surface area contributed by atoms with E-state index in [0.29, 0.717) is 27.7 Å². The van der Waals surface area contributed by atoms with Crippen molar-refractivity contribution in [2.45, 2.75) is 13.3 Å². The molecule has 9 heteroatoms. The molecule has 0 amide bonds. The zero-order valence-electron chi connectivity index (χ0n) is 21.1. The van der Waals surface area contributed by atoms with Gasteiger partial charge in [0.1, 0.15) is 5.65 Å². The summed E-state index contributed by atoms with van der Waals surface area (Å²) < 4.78 is 1.54. The summed E-state index contributed by atoms with van der Waals surface area (Å²) >= 11 is 8.25. The Morgan fingerprint density at radius 1 is 1.03 bits per heavy atom. The first kappa shape index (κ1) is 25.1. The van der Waals surface area contributed by atoms with Crippen molar-refractivity contribution >= 4 is 45.6 Å². The molecular weight excluding hydrogens is 504 g/mol. The molecule has 5 rings (SSSR count). The Balaban J connectivity index is 1.43. The van der Waals surface area contributed by atoms with Gasteiger partial charge in [-0.1, -0.05) is 35.9 Å². The fraction of sp³-hybridized carbons (Fsp3) is 0.214. The maximum absolute atomic E-state index is 13.3. The lowest BCUT2D eigenvalue weighted by Crippen LogP contribution is -2.20. The normalized spacial score (nSPS) is 11.4. The molecule has 0 spiro atoms. The van der Waals surface area contributed by atoms with Gasteiger partial charge in [0.15, 0.2) is 0 Å². The van der Waals surface area contributed by atoms with Crippen molar-refractivity contribution in [2.24, 2.45) is 7.05 Å². The smallest absolute Gasteiger partial charge is 0.259 e. The maximum atomic E-state index is 13.3. The average molecular weight is 531 g/mol. The van der Waals surface area contributed by atoms with Gasteiger partial charge in [0, 0.05) is 53.2 Å². The van der Waals surface area contributed by atoms with E-state index in [1.54, 1.807) is 35.2 Å². The predicted octanol–water partition coefficient (Wildman–Crippen LogP) is 5.93. The van der Waals surface area contributed by atoms with Crippen LogP contribution in [0.5, 0.6) is 0 Å². The van der Waals surface area contributed by atoms with Crippen molar-refractivity contribution in [3.63, 3.8) is 0 Å². The summed E-state index contributed by atoms with van der Waals surface area (Å²) in [6, 6.07) is 15.8. The fourth-order valence-electron chi connectivity index (χ4n) is 4.12. The lowest BCUT2D eigenvalue weighted by atomic mass is 10.0. The number of likely N-dealkylation sites (N-methyl/N-ethyl adjacent to an activating group) is 1. The summed E-state index contributed by atoms with van der Waals surface area (Å²) in [6.07, 6.45) is 4.55. The summed E-state index contributed by atoms with van der Waals surface area (Å²) in [4.78, 5) is 29.9. The van der Waals surface area contributed by atoms with E-state index in [1.165, 1.54) is 5.56 Å². The van der Waals surface area contributed by atoms with E-state index in [1.807, 2.05) is 43.5 Å². The highest BCUT2D eigenvalue weighted by Crippen LogP contribution is 2.34. The van der Waals surface area contributed by atoms with E-state index in [2.05, 4.69) is 51.4 Å². The molecule has 7 nitrogen and oxygen atoms in total. The van der Waals surface area contributed by atoms with Gasteiger partial charge in [-0.15, -0.1) is 11.3 Å². The molecule has 0 bridgehead atoms. The van der Waals surface area contributed by atoms with Crippen LogP contribution in [0.15, 0.2) is 65.7 Å². The maximum Gasteiger partial charge on any atom is 0.259 e. The summed E-state index contributed by atoms with van der Waals surface area (Å²) in [5, 5.41) is 5.49. The van der Waals surface area contributed by atoms with Gasteiger partial charge in [0.05, 0.1) is 9.88 Å². The van der Waals surface area contributed by atoms with Crippen molar-refractivity contribution in [1.82, 2.24) is 24.4 Å². The molecule has 1 N–H and O–H groups in total. The minimum Gasteiger partial charge on any atom is -0.324 e. The van der Waals surface area contributed by atoms with Gasteiger partial charge < -0.3 is 10.2 Å². The first-order chi connectivity index (χ1) is 17.8. The monoisotopic (exact) mass is 530 g/mol. The number of fused-ring (bicyclic) bond motifs is 1. The highest BCUT2D eigenvalue weighted by atomic mass is 35.5. The van der Waals surface area contributed by atoms with Crippen LogP contribution in [0.3, 0.4) is 0 Å². The largest absolute Gasteiger partial charge is 0.324 e. The summed E-state index contributed by atoms with van der Waals surface area (Å²) in [5.41, 5.74) is 4.67. The second kappa shape index (κ2) is 10.4. The van der Waals surface area contributed by atoms with Crippen LogP contribution in [-0.2, 0) is 13.5 Å². The van der Waals surface area contributed by atoms with Gasteiger partial charge in [-0.05, 0) is 62.8 Å². The highest BCUT2D eigenvalue weighted by molar-refractivity contribution is 7.15. The molecule has 0 fully saturated rings. The Kier molecular flexibility index (Phi) is 7.06. The number of aromatic nitrogens is 4. The number of aryl methyl sites for hydroxylation is 2.